The molecule has 1 aliphatic heterocycles. The van der Waals surface area contributed by atoms with Crippen LogP contribution in [-0.4, -0.2) is 33.6 Å². The first-order chi connectivity index (χ1) is 9.12. The summed E-state index contributed by atoms with van der Waals surface area (Å²) in [5.41, 5.74) is 2.64. The number of nitrogens with zero attached hydrogens (tertiary/aromatic N) is 3. The van der Waals surface area contributed by atoms with E-state index in [0.717, 1.165) is 37.6 Å². The second-order valence-corrected chi connectivity index (χ2v) is 6.97. The molecule has 0 spiro atoms. The first-order valence-electron chi connectivity index (χ1n) is 6.87. The number of thioether (sulfide) groups is 1. The Bertz CT molecular complexity index is 415. The molecular formula is C13H23N5S. The van der Waals surface area contributed by atoms with Crippen molar-refractivity contribution in [1.29, 1.82) is 0 Å². The Hall–Kier alpha value is -1.01. The van der Waals surface area contributed by atoms with Gasteiger partial charge in [0.05, 0.1) is 0 Å². The molecule has 1 aromatic rings. The highest BCUT2D eigenvalue weighted by Crippen LogP contribution is 2.28. The minimum Gasteiger partial charge on any atom is -0.354 e. The standard InChI is InChI=1S/C13H23N5S/c1-4-5-11-15-12(17-14)6-13(16-11)18-7-9(2)19-10(3)8-18/h6,9-10H,4-5,7-8,14H2,1-3H3,(H,15,16,17). The first kappa shape index (κ1) is 14.4. The van der Waals surface area contributed by atoms with Crippen molar-refractivity contribution in [1.82, 2.24) is 9.97 Å². The van der Waals surface area contributed by atoms with Gasteiger partial charge < -0.3 is 10.3 Å². The number of rotatable bonds is 4. The molecule has 0 bridgehead atoms. The molecule has 2 heterocycles. The molecule has 5 nitrogen and oxygen atoms in total. The van der Waals surface area contributed by atoms with Gasteiger partial charge in [0.1, 0.15) is 17.5 Å². The van der Waals surface area contributed by atoms with Crippen LogP contribution in [0.5, 0.6) is 0 Å². The van der Waals surface area contributed by atoms with Gasteiger partial charge in [0.25, 0.3) is 0 Å². The maximum atomic E-state index is 5.50. The molecule has 1 aliphatic rings. The quantitative estimate of drug-likeness (QED) is 0.650. The molecule has 2 rings (SSSR count). The lowest BCUT2D eigenvalue weighted by Gasteiger charge is -2.35. The van der Waals surface area contributed by atoms with E-state index in [1.165, 1.54) is 0 Å². The van der Waals surface area contributed by atoms with Crippen molar-refractivity contribution in [3.63, 3.8) is 0 Å². The van der Waals surface area contributed by atoms with Crippen molar-refractivity contribution in [2.45, 2.75) is 44.1 Å². The highest BCUT2D eigenvalue weighted by molar-refractivity contribution is 8.00. The molecule has 0 aromatic carbocycles. The monoisotopic (exact) mass is 281 g/mol. The molecule has 2 atom stereocenters. The van der Waals surface area contributed by atoms with Crippen LogP contribution in [0.2, 0.25) is 0 Å². The normalized spacial score (nSPS) is 23.5. The molecule has 1 aromatic heterocycles. The van der Waals surface area contributed by atoms with Gasteiger partial charge in [-0.15, -0.1) is 0 Å². The SMILES string of the molecule is CCCc1nc(NN)cc(N2CC(C)SC(C)C2)n1. The molecule has 19 heavy (non-hydrogen) atoms. The topological polar surface area (TPSA) is 67.1 Å². The summed E-state index contributed by atoms with van der Waals surface area (Å²) >= 11 is 2.04. The number of nitrogens with one attached hydrogen (secondary N) is 1. The maximum Gasteiger partial charge on any atom is 0.145 e. The van der Waals surface area contributed by atoms with Gasteiger partial charge in [0.15, 0.2) is 0 Å². The number of hydrazine groups is 1. The highest BCUT2D eigenvalue weighted by atomic mass is 32.2. The van der Waals surface area contributed by atoms with Crippen molar-refractivity contribution in [2.75, 3.05) is 23.4 Å². The number of aromatic nitrogens is 2. The Morgan fingerprint density at radius 3 is 2.63 bits per heavy atom. The van der Waals surface area contributed by atoms with E-state index in [1.54, 1.807) is 0 Å². The van der Waals surface area contributed by atoms with E-state index < -0.39 is 0 Å². The Labute approximate surface area is 119 Å². The fourth-order valence-corrected chi connectivity index (χ4v) is 3.74. The summed E-state index contributed by atoms with van der Waals surface area (Å²) in [5, 5.41) is 1.25. The molecular weight excluding hydrogens is 258 g/mol. The lowest BCUT2D eigenvalue weighted by atomic mass is 10.3. The van der Waals surface area contributed by atoms with Crippen LogP contribution in [0.4, 0.5) is 11.6 Å². The van der Waals surface area contributed by atoms with E-state index in [4.69, 9.17) is 5.84 Å². The molecule has 0 amide bonds. The summed E-state index contributed by atoms with van der Waals surface area (Å²) in [5.74, 6) is 8.06. The Morgan fingerprint density at radius 1 is 1.37 bits per heavy atom. The van der Waals surface area contributed by atoms with E-state index >= 15 is 0 Å². The average molecular weight is 281 g/mol. The van der Waals surface area contributed by atoms with Crippen molar-refractivity contribution < 1.29 is 0 Å². The molecule has 6 heteroatoms. The summed E-state index contributed by atoms with van der Waals surface area (Å²) in [7, 11) is 0. The van der Waals surface area contributed by atoms with E-state index in [1.807, 2.05) is 17.8 Å². The number of hydrogen-bond acceptors (Lipinski definition) is 6. The molecule has 2 unspecified atom stereocenters. The lowest BCUT2D eigenvalue weighted by Crippen LogP contribution is -2.41. The number of nitrogens with two attached hydrogens (primary N) is 1. The van der Waals surface area contributed by atoms with Crippen LogP contribution in [0.3, 0.4) is 0 Å². The van der Waals surface area contributed by atoms with E-state index in [9.17, 15) is 0 Å². The maximum absolute atomic E-state index is 5.50. The molecule has 106 valence electrons. The van der Waals surface area contributed by atoms with Crippen LogP contribution in [-0.2, 0) is 6.42 Å². The second kappa shape index (κ2) is 6.43. The molecule has 1 fully saturated rings. The smallest absolute Gasteiger partial charge is 0.145 e. The minimum atomic E-state index is 0.627. The molecule has 0 radical (unpaired) electrons. The number of anilines is 2. The van der Waals surface area contributed by atoms with E-state index in [0.29, 0.717) is 16.3 Å². The van der Waals surface area contributed by atoms with Crippen molar-refractivity contribution in [3.8, 4) is 0 Å². The number of aryl methyl sites for hydroxylation is 1. The summed E-state index contributed by atoms with van der Waals surface area (Å²) in [6.07, 6.45) is 1.92. The second-order valence-electron chi connectivity index (χ2n) is 5.08. The van der Waals surface area contributed by atoms with Gasteiger partial charge in [0, 0.05) is 36.1 Å². The van der Waals surface area contributed by atoms with Crippen molar-refractivity contribution >= 4 is 23.4 Å². The summed E-state index contributed by atoms with van der Waals surface area (Å²) in [4.78, 5) is 11.4. The van der Waals surface area contributed by atoms with Crippen LogP contribution in [0.1, 0.15) is 33.0 Å². The van der Waals surface area contributed by atoms with Gasteiger partial charge in [-0.25, -0.2) is 15.8 Å². The third-order valence-electron chi connectivity index (χ3n) is 3.12. The Morgan fingerprint density at radius 2 is 2.05 bits per heavy atom. The minimum absolute atomic E-state index is 0.627. The van der Waals surface area contributed by atoms with Gasteiger partial charge in [0.2, 0.25) is 0 Å². The highest BCUT2D eigenvalue weighted by Gasteiger charge is 2.23. The van der Waals surface area contributed by atoms with Crippen LogP contribution in [0, 0.1) is 0 Å². The van der Waals surface area contributed by atoms with Gasteiger partial charge >= 0.3 is 0 Å². The summed E-state index contributed by atoms with van der Waals surface area (Å²) in [6.45, 7) is 8.73. The molecule has 3 N–H and O–H groups in total. The predicted octanol–water partition coefficient (Wildman–Crippen LogP) is 2.04. The third-order valence-corrected chi connectivity index (χ3v) is 4.35. The van der Waals surface area contributed by atoms with Gasteiger partial charge in [-0.3, -0.25) is 0 Å². The first-order valence-corrected chi connectivity index (χ1v) is 7.81. The van der Waals surface area contributed by atoms with Crippen molar-refractivity contribution in [3.05, 3.63) is 11.9 Å². The molecule has 1 saturated heterocycles. The number of hydrogen-bond donors (Lipinski definition) is 2. The lowest BCUT2D eigenvalue weighted by molar-refractivity contribution is 0.710. The predicted molar refractivity (Wildman–Crippen MR) is 82.6 cm³/mol. The van der Waals surface area contributed by atoms with Crippen LogP contribution < -0.4 is 16.2 Å². The zero-order valence-electron chi connectivity index (χ0n) is 11.9. The Kier molecular flexibility index (Phi) is 4.87. The fourth-order valence-electron chi connectivity index (χ4n) is 2.42. The van der Waals surface area contributed by atoms with Crippen LogP contribution in [0.25, 0.3) is 0 Å². The van der Waals surface area contributed by atoms with Crippen molar-refractivity contribution in [2.24, 2.45) is 5.84 Å². The Balaban J connectivity index is 2.24. The molecule has 0 saturated carbocycles. The van der Waals surface area contributed by atoms with Gasteiger partial charge in [-0.2, -0.15) is 11.8 Å². The zero-order chi connectivity index (χ0) is 13.8. The van der Waals surface area contributed by atoms with Crippen LogP contribution in [0.15, 0.2) is 6.07 Å². The van der Waals surface area contributed by atoms with E-state index in [-0.39, 0.29) is 0 Å². The fraction of sp³-hybridized carbons (Fsp3) is 0.692. The van der Waals surface area contributed by atoms with E-state index in [2.05, 4.69) is 41.1 Å². The molecule has 0 aliphatic carbocycles. The largest absolute Gasteiger partial charge is 0.354 e. The summed E-state index contributed by atoms with van der Waals surface area (Å²) < 4.78 is 0. The summed E-state index contributed by atoms with van der Waals surface area (Å²) in [6, 6.07) is 1.94. The van der Waals surface area contributed by atoms with Gasteiger partial charge in [-0.05, 0) is 6.42 Å². The zero-order valence-corrected chi connectivity index (χ0v) is 12.7. The number of nitrogen functional groups attached to an aromatic ring is 1. The van der Waals surface area contributed by atoms with Gasteiger partial charge in [-0.1, -0.05) is 20.8 Å². The average Bonchev–Trinajstić information content (AvgIpc) is 2.37. The third kappa shape index (κ3) is 3.73. The van der Waals surface area contributed by atoms with Crippen LogP contribution >= 0.6 is 11.8 Å².